The lowest BCUT2D eigenvalue weighted by molar-refractivity contribution is 0.0858. The zero-order valence-electron chi connectivity index (χ0n) is 25.7. The van der Waals surface area contributed by atoms with Crippen molar-refractivity contribution in [3.63, 3.8) is 0 Å². The fraction of sp³-hybridized carbons (Fsp3) is 0.639. The Morgan fingerprint density at radius 3 is 1.69 bits per heavy atom. The van der Waals surface area contributed by atoms with Gasteiger partial charge in [-0.1, -0.05) is 130 Å². The van der Waals surface area contributed by atoms with Crippen LogP contribution < -0.4 is 4.74 Å². The number of aryl methyl sites for hydroxylation is 1. The third-order valence-electron chi connectivity index (χ3n) is 7.69. The zero-order valence-corrected chi connectivity index (χ0v) is 25.7. The van der Waals surface area contributed by atoms with Gasteiger partial charge in [0.15, 0.2) is 5.78 Å². The first-order valence-electron chi connectivity index (χ1n) is 15.8. The minimum absolute atomic E-state index is 0.123. The molecule has 3 heteroatoms. The lowest BCUT2D eigenvalue weighted by atomic mass is 9.86. The average Bonchev–Trinajstić information content (AvgIpc) is 2.91. The van der Waals surface area contributed by atoms with Crippen LogP contribution in [0.3, 0.4) is 0 Å². The van der Waals surface area contributed by atoms with Gasteiger partial charge in [0.05, 0.1) is 6.10 Å². The molecule has 1 N–H and O–H groups in total. The molecule has 0 radical (unpaired) electrons. The van der Waals surface area contributed by atoms with Crippen LogP contribution in [0.15, 0.2) is 42.5 Å². The van der Waals surface area contributed by atoms with Gasteiger partial charge in [-0.05, 0) is 60.9 Å². The summed E-state index contributed by atoms with van der Waals surface area (Å²) < 4.78 is 6.06. The molecule has 0 aliphatic rings. The van der Waals surface area contributed by atoms with E-state index >= 15 is 0 Å². The van der Waals surface area contributed by atoms with E-state index in [4.69, 9.17) is 4.74 Å². The first-order chi connectivity index (χ1) is 18.7. The summed E-state index contributed by atoms with van der Waals surface area (Å²) in [6.45, 7) is 10.1. The quantitative estimate of drug-likeness (QED) is 0.135. The molecule has 0 fully saturated rings. The van der Waals surface area contributed by atoms with Crippen molar-refractivity contribution >= 4 is 5.78 Å². The number of benzene rings is 2. The van der Waals surface area contributed by atoms with Crippen LogP contribution in [0.5, 0.6) is 11.5 Å². The topological polar surface area (TPSA) is 46.5 Å². The first-order valence-corrected chi connectivity index (χ1v) is 15.8. The summed E-state index contributed by atoms with van der Waals surface area (Å²) in [7, 11) is 0. The number of aliphatic hydroxyl groups excluding tert-OH is 1. The van der Waals surface area contributed by atoms with Crippen molar-refractivity contribution in [1.29, 1.82) is 0 Å². The molecule has 0 bridgehead atoms. The molecule has 2 aromatic rings. The molecule has 39 heavy (non-hydrogen) atoms. The Morgan fingerprint density at radius 2 is 1.23 bits per heavy atom. The Bertz CT molecular complexity index is 939. The van der Waals surface area contributed by atoms with Gasteiger partial charge in [0.2, 0.25) is 0 Å². The van der Waals surface area contributed by atoms with Gasteiger partial charge >= 0.3 is 0 Å². The predicted octanol–water partition coefficient (Wildman–Crippen LogP) is 11.3. The smallest absolute Gasteiger partial charge is 0.168 e. The SMILES string of the molecule is CCCCCCCCCCCCCCCCCC(O)c1ccc(Oc2ccc(C(=O)C(C)(C)C)cc2)c(C)c1. The van der Waals surface area contributed by atoms with Crippen LogP contribution in [0, 0.1) is 12.3 Å². The van der Waals surface area contributed by atoms with E-state index in [1.807, 2.05) is 70.2 Å². The van der Waals surface area contributed by atoms with E-state index in [1.165, 1.54) is 89.9 Å². The second-order valence-corrected chi connectivity index (χ2v) is 12.5. The summed E-state index contributed by atoms with van der Waals surface area (Å²) in [6, 6.07) is 13.3. The molecule has 0 aliphatic carbocycles. The number of rotatable bonds is 20. The van der Waals surface area contributed by atoms with E-state index < -0.39 is 11.5 Å². The highest BCUT2D eigenvalue weighted by atomic mass is 16.5. The maximum atomic E-state index is 12.4. The van der Waals surface area contributed by atoms with Crippen molar-refractivity contribution in [2.75, 3.05) is 0 Å². The van der Waals surface area contributed by atoms with Crippen LogP contribution in [-0.2, 0) is 0 Å². The van der Waals surface area contributed by atoms with Crippen molar-refractivity contribution in [3.05, 3.63) is 59.2 Å². The predicted molar refractivity (Wildman–Crippen MR) is 166 cm³/mol. The summed E-state index contributed by atoms with van der Waals surface area (Å²) >= 11 is 0. The van der Waals surface area contributed by atoms with Gasteiger partial charge in [0, 0.05) is 11.0 Å². The highest BCUT2D eigenvalue weighted by molar-refractivity contribution is 5.99. The Kier molecular flexibility index (Phi) is 15.5. The number of ketones is 1. The molecule has 0 saturated carbocycles. The van der Waals surface area contributed by atoms with Gasteiger partial charge in [0.25, 0.3) is 0 Å². The fourth-order valence-corrected chi connectivity index (χ4v) is 5.10. The van der Waals surface area contributed by atoms with Crippen molar-refractivity contribution in [3.8, 4) is 11.5 Å². The Hall–Kier alpha value is -2.13. The maximum Gasteiger partial charge on any atom is 0.168 e. The second-order valence-electron chi connectivity index (χ2n) is 12.5. The van der Waals surface area contributed by atoms with Gasteiger partial charge in [-0.2, -0.15) is 0 Å². The van der Waals surface area contributed by atoms with E-state index in [2.05, 4.69) is 6.92 Å². The van der Waals surface area contributed by atoms with Crippen molar-refractivity contribution in [2.45, 2.75) is 143 Å². The molecule has 0 amide bonds. The number of aliphatic hydroxyl groups is 1. The molecule has 3 nitrogen and oxygen atoms in total. The Labute approximate surface area is 239 Å². The molecule has 1 atom stereocenters. The molecular weight excluding hydrogens is 480 g/mol. The lowest BCUT2D eigenvalue weighted by Gasteiger charge is -2.17. The summed E-state index contributed by atoms with van der Waals surface area (Å²) in [5.74, 6) is 1.60. The number of carbonyl (C=O) groups excluding carboxylic acids is 1. The van der Waals surface area contributed by atoms with Gasteiger partial charge in [-0.3, -0.25) is 4.79 Å². The van der Waals surface area contributed by atoms with E-state index in [0.29, 0.717) is 11.3 Å². The highest BCUT2D eigenvalue weighted by Gasteiger charge is 2.22. The minimum atomic E-state index is -0.428. The van der Waals surface area contributed by atoms with Crippen LogP contribution in [-0.4, -0.2) is 10.9 Å². The molecule has 0 heterocycles. The van der Waals surface area contributed by atoms with Gasteiger partial charge in [0.1, 0.15) is 11.5 Å². The standard InChI is InChI=1S/C36H56O3/c1-6-7-8-9-10-11-12-13-14-15-16-17-18-19-20-21-33(37)31-24-27-34(29(2)28-31)39-32-25-22-30(23-26-32)35(38)36(3,4)5/h22-28,33,37H,6-21H2,1-5H3. The Morgan fingerprint density at radius 1 is 0.744 bits per heavy atom. The third kappa shape index (κ3) is 13.2. The Balaban J connectivity index is 1.60. The van der Waals surface area contributed by atoms with Gasteiger partial charge in [-0.25, -0.2) is 0 Å². The van der Waals surface area contributed by atoms with Crippen LogP contribution in [0.1, 0.15) is 158 Å². The molecule has 0 aliphatic heterocycles. The number of hydrogen-bond donors (Lipinski definition) is 1. The molecule has 2 aromatic carbocycles. The molecular formula is C36H56O3. The lowest BCUT2D eigenvalue weighted by Crippen LogP contribution is -2.19. The molecule has 0 aromatic heterocycles. The molecule has 0 saturated heterocycles. The van der Waals surface area contributed by atoms with Crippen molar-refractivity contribution < 1.29 is 14.6 Å². The molecule has 2 rings (SSSR count). The third-order valence-corrected chi connectivity index (χ3v) is 7.69. The summed E-state index contributed by atoms with van der Waals surface area (Å²) in [5.41, 5.74) is 2.25. The van der Waals surface area contributed by atoms with Crippen LogP contribution in [0.2, 0.25) is 0 Å². The largest absolute Gasteiger partial charge is 0.457 e. The fourth-order valence-electron chi connectivity index (χ4n) is 5.10. The summed E-state index contributed by atoms with van der Waals surface area (Å²) in [4.78, 5) is 12.4. The van der Waals surface area contributed by atoms with Gasteiger partial charge < -0.3 is 9.84 Å². The normalized spacial score (nSPS) is 12.5. The number of unbranched alkanes of at least 4 members (excludes halogenated alkanes) is 14. The van der Waals surface area contributed by atoms with Crippen molar-refractivity contribution in [1.82, 2.24) is 0 Å². The van der Waals surface area contributed by atoms with Crippen LogP contribution >= 0.6 is 0 Å². The highest BCUT2D eigenvalue weighted by Crippen LogP contribution is 2.30. The minimum Gasteiger partial charge on any atom is -0.457 e. The number of Topliss-reactive ketones (excluding diaryl/α,β-unsaturated/α-hetero) is 1. The first kappa shape index (κ1) is 33.1. The van der Waals surface area contributed by atoms with E-state index in [1.54, 1.807) is 0 Å². The van der Waals surface area contributed by atoms with E-state index in [-0.39, 0.29) is 5.78 Å². The van der Waals surface area contributed by atoms with Crippen LogP contribution in [0.25, 0.3) is 0 Å². The number of hydrogen-bond acceptors (Lipinski definition) is 3. The zero-order chi connectivity index (χ0) is 28.5. The molecule has 0 spiro atoms. The van der Waals surface area contributed by atoms with Gasteiger partial charge in [-0.15, -0.1) is 0 Å². The van der Waals surface area contributed by atoms with Crippen molar-refractivity contribution in [2.24, 2.45) is 5.41 Å². The number of ether oxygens (including phenoxy) is 1. The number of carbonyl (C=O) groups is 1. The monoisotopic (exact) mass is 536 g/mol. The van der Waals surface area contributed by atoms with Crippen LogP contribution in [0.4, 0.5) is 0 Å². The molecule has 218 valence electrons. The summed E-state index contributed by atoms with van der Waals surface area (Å²) in [5, 5.41) is 10.7. The maximum absolute atomic E-state index is 12.4. The average molecular weight is 537 g/mol. The van der Waals surface area contributed by atoms with E-state index in [0.717, 1.165) is 29.7 Å². The second kappa shape index (κ2) is 18.3. The molecule has 1 unspecified atom stereocenters. The van der Waals surface area contributed by atoms with E-state index in [9.17, 15) is 9.90 Å². The summed E-state index contributed by atoms with van der Waals surface area (Å²) in [6.07, 6.45) is 20.7.